The van der Waals surface area contributed by atoms with Crippen molar-refractivity contribution in [3.8, 4) is 0 Å². The molecule has 0 bridgehead atoms. The Hall–Kier alpha value is -2.82. The first-order valence-corrected chi connectivity index (χ1v) is 6.12. The van der Waals surface area contributed by atoms with Crippen molar-refractivity contribution in [1.29, 1.82) is 0 Å². The Bertz CT molecular complexity index is 747. The summed E-state index contributed by atoms with van der Waals surface area (Å²) < 4.78 is 5.24. The number of oxazole rings is 1. The molecule has 0 spiro atoms. The number of carboxylic acid groups (broad SMARTS) is 1. The fourth-order valence-corrected chi connectivity index (χ4v) is 1.93. The second-order valence-electron chi connectivity index (χ2n) is 4.39. The maximum Gasteiger partial charge on any atom is 0.335 e. The molecule has 3 rings (SSSR count). The summed E-state index contributed by atoms with van der Waals surface area (Å²) in [4.78, 5) is 14.8. The molecule has 0 atom stereocenters. The number of nitrogens with one attached hydrogen (secondary N) is 1. The molecule has 3 aromatic rings. The predicted octanol–water partition coefficient (Wildman–Crippen LogP) is 3.14. The highest BCUT2D eigenvalue weighted by atomic mass is 16.4. The standard InChI is InChI=1S/C15H12N2O3/c18-15(19)11-3-1-10(2-4-11)8-16-12-5-6-13-14(7-12)20-9-17-13/h1-7,9,16H,8H2,(H,18,19). The van der Waals surface area contributed by atoms with Crippen molar-refractivity contribution in [1.82, 2.24) is 4.98 Å². The highest BCUT2D eigenvalue weighted by Gasteiger charge is 2.03. The molecule has 1 heterocycles. The summed E-state index contributed by atoms with van der Waals surface area (Å²) in [6.07, 6.45) is 1.42. The Morgan fingerprint density at radius 3 is 2.75 bits per heavy atom. The lowest BCUT2D eigenvalue weighted by Crippen LogP contribution is -2.01. The maximum atomic E-state index is 10.8. The summed E-state index contributed by atoms with van der Waals surface area (Å²) in [5.74, 6) is -0.916. The minimum Gasteiger partial charge on any atom is -0.478 e. The second kappa shape index (κ2) is 5.05. The molecule has 100 valence electrons. The Balaban J connectivity index is 1.70. The topological polar surface area (TPSA) is 75.4 Å². The van der Waals surface area contributed by atoms with E-state index in [0.29, 0.717) is 6.54 Å². The Morgan fingerprint density at radius 2 is 2.00 bits per heavy atom. The maximum absolute atomic E-state index is 10.8. The summed E-state index contributed by atoms with van der Waals surface area (Å²) in [5.41, 5.74) is 3.78. The number of carboxylic acids is 1. The average Bonchev–Trinajstić information content (AvgIpc) is 2.93. The quantitative estimate of drug-likeness (QED) is 0.760. The van der Waals surface area contributed by atoms with Gasteiger partial charge in [-0.1, -0.05) is 12.1 Å². The largest absolute Gasteiger partial charge is 0.478 e. The van der Waals surface area contributed by atoms with Crippen molar-refractivity contribution in [2.75, 3.05) is 5.32 Å². The summed E-state index contributed by atoms with van der Waals surface area (Å²) >= 11 is 0. The van der Waals surface area contributed by atoms with Gasteiger partial charge >= 0.3 is 5.97 Å². The average molecular weight is 268 g/mol. The van der Waals surface area contributed by atoms with Gasteiger partial charge in [0.25, 0.3) is 0 Å². The van der Waals surface area contributed by atoms with Crippen molar-refractivity contribution in [3.63, 3.8) is 0 Å². The molecule has 0 saturated heterocycles. The van der Waals surface area contributed by atoms with Crippen LogP contribution in [0.5, 0.6) is 0 Å². The Kier molecular flexibility index (Phi) is 3.09. The minimum absolute atomic E-state index is 0.289. The molecule has 0 amide bonds. The van der Waals surface area contributed by atoms with Crippen LogP contribution in [-0.2, 0) is 6.54 Å². The molecule has 0 aliphatic heterocycles. The number of aromatic carboxylic acids is 1. The third-order valence-corrected chi connectivity index (χ3v) is 3.03. The highest BCUT2D eigenvalue weighted by molar-refractivity contribution is 5.87. The molecular formula is C15H12N2O3. The number of aromatic nitrogens is 1. The van der Waals surface area contributed by atoms with Gasteiger partial charge in [-0.3, -0.25) is 0 Å². The first-order chi connectivity index (χ1) is 9.72. The summed E-state index contributed by atoms with van der Waals surface area (Å²) in [6.45, 7) is 0.611. The van der Waals surface area contributed by atoms with Gasteiger partial charge in [0.1, 0.15) is 5.52 Å². The third kappa shape index (κ3) is 2.47. The van der Waals surface area contributed by atoms with Gasteiger partial charge in [0.2, 0.25) is 0 Å². The lowest BCUT2D eigenvalue weighted by Gasteiger charge is -2.06. The van der Waals surface area contributed by atoms with E-state index in [1.54, 1.807) is 24.3 Å². The molecule has 20 heavy (non-hydrogen) atoms. The first kappa shape index (κ1) is 12.2. The van der Waals surface area contributed by atoms with Crippen LogP contribution in [0.2, 0.25) is 0 Å². The van der Waals surface area contributed by atoms with Crippen LogP contribution in [-0.4, -0.2) is 16.1 Å². The first-order valence-electron chi connectivity index (χ1n) is 6.12. The lowest BCUT2D eigenvalue weighted by molar-refractivity contribution is 0.0697. The van der Waals surface area contributed by atoms with Crippen LogP contribution in [0.15, 0.2) is 53.3 Å². The van der Waals surface area contributed by atoms with Gasteiger partial charge < -0.3 is 14.8 Å². The predicted molar refractivity (Wildman–Crippen MR) is 74.7 cm³/mol. The number of hydrogen-bond donors (Lipinski definition) is 2. The van der Waals surface area contributed by atoms with Gasteiger partial charge in [-0.25, -0.2) is 9.78 Å². The number of hydrogen-bond acceptors (Lipinski definition) is 4. The molecule has 0 fully saturated rings. The number of anilines is 1. The van der Waals surface area contributed by atoms with Crippen molar-refractivity contribution in [2.24, 2.45) is 0 Å². The molecule has 0 unspecified atom stereocenters. The van der Waals surface area contributed by atoms with E-state index in [0.717, 1.165) is 22.4 Å². The summed E-state index contributed by atoms with van der Waals surface area (Å²) in [7, 11) is 0. The van der Waals surface area contributed by atoms with Crippen LogP contribution in [0.1, 0.15) is 15.9 Å². The van der Waals surface area contributed by atoms with Crippen LogP contribution in [0.4, 0.5) is 5.69 Å². The second-order valence-corrected chi connectivity index (χ2v) is 4.39. The molecule has 5 nitrogen and oxygen atoms in total. The number of carbonyl (C=O) groups is 1. The fourth-order valence-electron chi connectivity index (χ4n) is 1.93. The normalized spacial score (nSPS) is 10.6. The van der Waals surface area contributed by atoms with Gasteiger partial charge in [0.15, 0.2) is 12.0 Å². The lowest BCUT2D eigenvalue weighted by atomic mass is 10.1. The zero-order chi connectivity index (χ0) is 13.9. The SMILES string of the molecule is O=C(O)c1ccc(CNc2ccc3ncoc3c2)cc1. The van der Waals surface area contributed by atoms with Crippen LogP contribution in [0.3, 0.4) is 0 Å². The molecule has 0 radical (unpaired) electrons. The highest BCUT2D eigenvalue weighted by Crippen LogP contribution is 2.18. The summed E-state index contributed by atoms with van der Waals surface area (Å²) in [5, 5.41) is 12.1. The van der Waals surface area contributed by atoms with E-state index in [1.807, 2.05) is 18.2 Å². The fraction of sp³-hybridized carbons (Fsp3) is 0.0667. The molecule has 1 aromatic heterocycles. The monoisotopic (exact) mass is 268 g/mol. The van der Waals surface area contributed by atoms with E-state index in [1.165, 1.54) is 6.39 Å². The van der Waals surface area contributed by atoms with Gasteiger partial charge in [-0.2, -0.15) is 0 Å². The van der Waals surface area contributed by atoms with E-state index in [-0.39, 0.29) is 5.56 Å². The van der Waals surface area contributed by atoms with Crippen LogP contribution >= 0.6 is 0 Å². The number of benzene rings is 2. The zero-order valence-corrected chi connectivity index (χ0v) is 10.5. The third-order valence-electron chi connectivity index (χ3n) is 3.03. The molecule has 2 aromatic carbocycles. The minimum atomic E-state index is -0.916. The van der Waals surface area contributed by atoms with E-state index >= 15 is 0 Å². The smallest absolute Gasteiger partial charge is 0.335 e. The van der Waals surface area contributed by atoms with Crippen molar-refractivity contribution in [3.05, 3.63) is 60.0 Å². The molecular weight excluding hydrogens is 256 g/mol. The number of rotatable bonds is 4. The van der Waals surface area contributed by atoms with Crippen molar-refractivity contribution < 1.29 is 14.3 Å². The summed E-state index contributed by atoms with van der Waals surface area (Å²) in [6, 6.07) is 12.5. The molecule has 5 heteroatoms. The van der Waals surface area contributed by atoms with E-state index in [9.17, 15) is 4.79 Å². The van der Waals surface area contributed by atoms with E-state index in [4.69, 9.17) is 9.52 Å². The van der Waals surface area contributed by atoms with E-state index in [2.05, 4.69) is 10.3 Å². The van der Waals surface area contributed by atoms with Gasteiger partial charge in [-0.15, -0.1) is 0 Å². The Labute approximate surface area is 114 Å². The van der Waals surface area contributed by atoms with Gasteiger partial charge in [-0.05, 0) is 29.8 Å². The molecule has 2 N–H and O–H groups in total. The van der Waals surface area contributed by atoms with Gasteiger partial charge in [0, 0.05) is 18.3 Å². The molecule has 0 saturated carbocycles. The van der Waals surface area contributed by atoms with Crippen LogP contribution in [0.25, 0.3) is 11.1 Å². The van der Waals surface area contributed by atoms with Crippen molar-refractivity contribution in [2.45, 2.75) is 6.54 Å². The zero-order valence-electron chi connectivity index (χ0n) is 10.5. The van der Waals surface area contributed by atoms with Crippen LogP contribution < -0.4 is 5.32 Å². The number of fused-ring (bicyclic) bond motifs is 1. The van der Waals surface area contributed by atoms with Crippen molar-refractivity contribution >= 4 is 22.8 Å². The van der Waals surface area contributed by atoms with Crippen LogP contribution in [0, 0.1) is 0 Å². The number of nitrogens with zero attached hydrogens (tertiary/aromatic N) is 1. The molecule has 0 aliphatic rings. The van der Waals surface area contributed by atoms with Gasteiger partial charge in [0.05, 0.1) is 5.56 Å². The molecule has 0 aliphatic carbocycles. The Morgan fingerprint density at radius 1 is 1.20 bits per heavy atom. The van der Waals surface area contributed by atoms with E-state index < -0.39 is 5.97 Å².